The summed E-state index contributed by atoms with van der Waals surface area (Å²) in [5.41, 5.74) is 0. The summed E-state index contributed by atoms with van der Waals surface area (Å²) < 4.78 is 11.0. The largest absolute Gasteiger partial charge is 0.385 e. The summed E-state index contributed by atoms with van der Waals surface area (Å²) in [7, 11) is 3.64. The average Bonchev–Trinajstić information content (AvgIpc) is 2.72. The normalized spacial score (nSPS) is 20.2. The summed E-state index contributed by atoms with van der Waals surface area (Å²) in [5, 5.41) is 3.56. The fourth-order valence-electron chi connectivity index (χ4n) is 4.04. The van der Waals surface area contributed by atoms with Crippen LogP contribution >= 0.6 is 0 Å². The van der Waals surface area contributed by atoms with Gasteiger partial charge in [0.05, 0.1) is 6.10 Å². The van der Waals surface area contributed by atoms with E-state index in [0.29, 0.717) is 6.10 Å². The van der Waals surface area contributed by atoms with E-state index in [0.717, 1.165) is 58.1 Å². The molecule has 2 saturated heterocycles. The van der Waals surface area contributed by atoms with Crippen LogP contribution in [0.3, 0.4) is 0 Å². The predicted molar refractivity (Wildman–Crippen MR) is 113 cm³/mol. The molecule has 6 nitrogen and oxygen atoms in total. The first kappa shape index (κ1) is 22.4. The molecule has 0 aromatic heterocycles. The minimum absolute atomic E-state index is 0.394. The highest BCUT2D eigenvalue weighted by Gasteiger charge is 2.21. The maximum absolute atomic E-state index is 5.95. The molecular formula is C21H42N4O2. The highest BCUT2D eigenvalue weighted by atomic mass is 16.5. The lowest BCUT2D eigenvalue weighted by molar-refractivity contribution is 0.00991. The highest BCUT2D eigenvalue weighted by molar-refractivity contribution is 5.79. The molecule has 0 amide bonds. The van der Waals surface area contributed by atoms with Crippen molar-refractivity contribution in [2.75, 3.05) is 66.6 Å². The minimum atomic E-state index is 0.394. The van der Waals surface area contributed by atoms with E-state index in [9.17, 15) is 0 Å². The van der Waals surface area contributed by atoms with Crippen LogP contribution in [0.25, 0.3) is 0 Å². The van der Waals surface area contributed by atoms with E-state index in [1.54, 1.807) is 7.11 Å². The molecule has 2 heterocycles. The van der Waals surface area contributed by atoms with Crippen molar-refractivity contribution >= 4 is 5.96 Å². The third-order valence-corrected chi connectivity index (χ3v) is 5.68. The first-order chi connectivity index (χ1) is 13.3. The number of guanidine groups is 1. The van der Waals surface area contributed by atoms with Gasteiger partial charge in [-0.3, -0.25) is 4.99 Å². The van der Waals surface area contributed by atoms with Crippen molar-refractivity contribution in [2.45, 2.75) is 63.9 Å². The molecule has 6 heteroatoms. The lowest BCUT2D eigenvalue weighted by Gasteiger charge is -2.34. The van der Waals surface area contributed by atoms with Crippen LogP contribution in [0.2, 0.25) is 0 Å². The van der Waals surface area contributed by atoms with Crippen LogP contribution < -0.4 is 5.32 Å². The van der Waals surface area contributed by atoms with Gasteiger partial charge in [-0.05, 0) is 64.6 Å². The highest BCUT2D eigenvalue weighted by Crippen LogP contribution is 2.14. The first-order valence-electron chi connectivity index (χ1n) is 11.1. The molecule has 0 bridgehead atoms. The molecule has 0 unspecified atom stereocenters. The van der Waals surface area contributed by atoms with Gasteiger partial charge in [-0.1, -0.05) is 12.8 Å². The smallest absolute Gasteiger partial charge is 0.193 e. The Kier molecular flexibility index (Phi) is 11.8. The van der Waals surface area contributed by atoms with E-state index in [1.165, 1.54) is 58.2 Å². The fraction of sp³-hybridized carbons (Fsp3) is 0.952. The van der Waals surface area contributed by atoms with Gasteiger partial charge >= 0.3 is 0 Å². The van der Waals surface area contributed by atoms with Gasteiger partial charge in [0.25, 0.3) is 0 Å². The summed E-state index contributed by atoms with van der Waals surface area (Å²) >= 11 is 0. The Morgan fingerprint density at radius 3 is 2.44 bits per heavy atom. The molecule has 0 spiro atoms. The van der Waals surface area contributed by atoms with Gasteiger partial charge in [-0.15, -0.1) is 0 Å². The minimum Gasteiger partial charge on any atom is -0.385 e. The second-order valence-corrected chi connectivity index (χ2v) is 7.84. The topological polar surface area (TPSA) is 49.3 Å². The van der Waals surface area contributed by atoms with E-state index < -0.39 is 0 Å². The SMILES string of the molecule is CN=C(NCCCCCN1CCCCC1)N1CCC(OCCCOC)CC1. The second kappa shape index (κ2) is 14.2. The Hall–Kier alpha value is -0.850. The van der Waals surface area contributed by atoms with Gasteiger partial charge in [0.1, 0.15) is 0 Å². The van der Waals surface area contributed by atoms with Gasteiger partial charge in [-0.25, -0.2) is 0 Å². The predicted octanol–water partition coefficient (Wildman–Crippen LogP) is 2.74. The number of unbranched alkanes of at least 4 members (excludes halogenated alkanes) is 2. The molecular weight excluding hydrogens is 340 g/mol. The maximum atomic E-state index is 5.95. The Bertz CT molecular complexity index is 392. The molecule has 158 valence electrons. The summed E-state index contributed by atoms with van der Waals surface area (Å²) in [6, 6.07) is 0. The molecule has 0 aromatic rings. The molecule has 2 fully saturated rings. The van der Waals surface area contributed by atoms with E-state index in [1.807, 2.05) is 7.05 Å². The van der Waals surface area contributed by atoms with Crippen LogP contribution in [0.1, 0.15) is 57.8 Å². The molecule has 0 atom stereocenters. The van der Waals surface area contributed by atoms with E-state index in [2.05, 4.69) is 20.1 Å². The Morgan fingerprint density at radius 2 is 1.74 bits per heavy atom. The number of likely N-dealkylation sites (tertiary alicyclic amines) is 2. The first-order valence-corrected chi connectivity index (χ1v) is 11.1. The zero-order valence-electron chi connectivity index (χ0n) is 17.8. The standard InChI is InChI=1S/C21H42N4O2/c1-22-21(23-12-5-3-6-13-24-14-7-4-8-15-24)25-16-10-20(11-17-25)27-19-9-18-26-2/h20H,3-19H2,1-2H3,(H,22,23). The number of nitrogens with one attached hydrogen (secondary N) is 1. The molecule has 2 rings (SSSR count). The molecule has 0 aliphatic carbocycles. The molecule has 0 radical (unpaired) electrons. The van der Waals surface area contributed by atoms with Crippen LogP contribution in [0.4, 0.5) is 0 Å². The van der Waals surface area contributed by atoms with Crippen LogP contribution in [0, 0.1) is 0 Å². The molecule has 2 aliphatic heterocycles. The summed E-state index contributed by atoms with van der Waals surface area (Å²) in [5.74, 6) is 1.06. The van der Waals surface area contributed by atoms with Crippen LogP contribution in [0.5, 0.6) is 0 Å². The summed E-state index contributed by atoms with van der Waals surface area (Å²) in [4.78, 5) is 9.49. The van der Waals surface area contributed by atoms with E-state index >= 15 is 0 Å². The third-order valence-electron chi connectivity index (χ3n) is 5.68. The maximum Gasteiger partial charge on any atom is 0.193 e. The number of rotatable bonds is 11. The lowest BCUT2D eigenvalue weighted by atomic mass is 10.1. The molecule has 0 saturated carbocycles. The van der Waals surface area contributed by atoms with Gasteiger partial charge in [0.2, 0.25) is 0 Å². The summed E-state index contributed by atoms with van der Waals surface area (Å²) in [6.45, 7) is 8.60. The van der Waals surface area contributed by atoms with Crippen LogP contribution in [-0.2, 0) is 9.47 Å². The monoisotopic (exact) mass is 382 g/mol. The van der Waals surface area contributed by atoms with Crippen LogP contribution in [-0.4, -0.2) is 88.5 Å². The van der Waals surface area contributed by atoms with Crippen molar-refractivity contribution < 1.29 is 9.47 Å². The molecule has 27 heavy (non-hydrogen) atoms. The van der Waals surface area contributed by atoms with Crippen LogP contribution in [0.15, 0.2) is 4.99 Å². The van der Waals surface area contributed by atoms with Crippen molar-refractivity contribution in [1.82, 2.24) is 15.1 Å². The quantitative estimate of drug-likeness (QED) is 0.338. The van der Waals surface area contributed by atoms with Gasteiger partial charge in [0, 0.05) is 47.0 Å². The zero-order chi connectivity index (χ0) is 19.2. The number of hydrogen-bond donors (Lipinski definition) is 1. The van der Waals surface area contributed by atoms with Crippen molar-refractivity contribution in [3.05, 3.63) is 0 Å². The fourth-order valence-corrected chi connectivity index (χ4v) is 4.04. The van der Waals surface area contributed by atoms with Gasteiger partial charge in [-0.2, -0.15) is 0 Å². The Balaban J connectivity index is 1.50. The number of nitrogens with zero attached hydrogens (tertiary/aromatic N) is 3. The Morgan fingerprint density at radius 1 is 0.963 bits per heavy atom. The third kappa shape index (κ3) is 9.26. The number of hydrogen-bond acceptors (Lipinski definition) is 4. The molecule has 1 N–H and O–H groups in total. The van der Waals surface area contributed by atoms with Gasteiger partial charge < -0.3 is 24.6 Å². The molecule has 2 aliphatic rings. The molecule has 0 aromatic carbocycles. The van der Waals surface area contributed by atoms with E-state index in [4.69, 9.17) is 9.47 Å². The van der Waals surface area contributed by atoms with Crippen molar-refractivity contribution in [3.8, 4) is 0 Å². The van der Waals surface area contributed by atoms with Crippen molar-refractivity contribution in [2.24, 2.45) is 4.99 Å². The number of piperidine rings is 2. The number of methoxy groups -OCH3 is 1. The van der Waals surface area contributed by atoms with Gasteiger partial charge in [0.15, 0.2) is 5.96 Å². The van der Waals surface area contributed by atoms with Crippen molar-refractivity contribution in [1.29, 1.82) is 0 Å². The zero-order valence-corrected chi connectivity index (χ0v) is 17.8. The van der Waals surface area contributed by atoms with Crippen molar-refractivity contribution in [3.63, 3.8) is 0 Å². The lowest BCUT2D eigenvalue weighted by Crippen LogP contribution is -2.47. The number of ether oxygens (including phenoxy) is 2. The summed E-state index contributed by atoms with van der Waals surface area (Å²) in [6.07, 6.45) is 11.6. The second-order valence-electron chi connectivity index (χ2n) is 7.84. The average molecular weight is 383 g/mol. The van der Waals surface area contributed by atoms with E-state index in [-0.39, 0.29) is 0 Å². The number of aliphatic imine (C=N–C) groups is 1. The Labute approximate surface area is 166 Å².